The second kappa shape index (κ2) is 13.3. The first kappa shape index (κ1) is 32.5. The zero-order valence-electron chi connectivity index (χ0n) is 26.0. The Morgan fingerprint density at radius 2 is 1.65 bits per heavy atom. The van der Waals surface area contributed by atoms with E-state index in [1.54, 1.807) is 15.9 Å². The third-order valence-corrected chi connectivity index (χ3v) is 15.1. The maximum Gasteiger partial charge on any atom is 0.303 e. The number of halogens is 1. The first-order valence-electron chi connectivity index (χ1n) is 14.8. The van der Waals surface area contributed by atoms with E-state index in [1.165, 1.54) is 12.8 Å². The molecule has 1 aliphatic heterocycles. The minimum absolute atomic E-state index is 0.101. The highest BCUT2D eigenvalue weighted by atomic mass is 35.5. The molecular weight excluding hydrogens is 540 g/mol. The van der Waals surface area contributed by atoms with Crippen molar-refractivity contribution in [2.24, 2.45) is 11.3 Å². The Bertz CT molecular complexity index is 1090. The lowest BCUT2D eigenvalue weighted by Gasteiger charge is -2.42. The molecule has 0 N–H and O–H groups in total. The predicted octanol–water partition coefficient (Wildman–Crippen LogP) is 6.96. The third kappa shape index (κ3) is 7.43. The number of anilines is 1. The largest absolute Gasteiger partial charge is 0.492 e. The highest BCUT2D eigenvalue weighted by molar-refractivity contribution is 6.90. The smallest absolute Gasteiger partial charge is 0.303 e. The van der Waals surface area contributed by atoms with Crippen molar-refractivity contribution in [3.63, 3.8) is 0 Å². The second-order valence-corrected chi connectivity index (χ2v) is 19.4. The van der Waals surface area contributed by atoms with Crippen LogP contribution < -0.4 is 9.64 Å². The van der Waals surface area contributed by atoms with Crippen molar-refractivity contribution in [1.82, 2.24) is 4.90 Å². The van der Waals surface area contributed by atoms with E-state index < -0.39 is 19.5 Å². The van der Waals surface area contributed by atoms with Gasteiger partial charge in [-0.15, -0.1) is 5.54 Å². The summed E-state index contributed by atoms with van der Waals surface area (Å²) < 4.78 is 11.5. The summed E-state index contributed by atoms with van der Waals surface area (Å²) in [5.41, 5.74) is 4.70. The Labute approximate surface area is 248 Å². The molecule has 2 fully saturated rings. The average molecular weight is 589 g/mol. The van der Waals surface area contributed by atoms with Gasteiger partial charge in [-0.25, -0.2) is 0 Å². The fourth-order valence-electron chi connectivity index (χ4n) is 6.11. The van der Waals surface area contributed by atoms with Gasteiger partial charge in [0.2, 0.25) is 5.91 Å². The molecule has 6 nitrogen and oxygen atoms in total. The summed E-state index contributed by atoms with van der Waals surface area (Å²) in [5, 5.41) is 0.422. The van der Waals surface area contributed by atoms with Crippen LogP contribution in [0.1, 0.15) is 75.2 Å². The number of benzene rings is 1. The zero-order valence-corrected chi connectivity index (χ0v) is 27.7. The number of rotatable bonds is 9. The standard InChI is InChI=1S/C32H49ClN2O4Si/c1-22(2)40(23(3)4,24(5)6)19-14-29(36)35(26-12-13-28(27(33)20-26)39-21-25-10-11-25)30(32(7,8)9)31(37)34-15-17-38-18-16-34/h12-13,20,22-25,30H,10-11,15-18,21H2,1-9H3. The molecule has 1 atom stereocenters. The molecule has 1 heterocycles. The minimum atomic E-state index is -2.18. The number of carbonyl (C=O) groups is 2. The topological polar surface area (TPSA) is 59.1 Å². The van der Waals surface area contributed by atoms with Crippen LogP contribution in [0.2, 0.25) is 21.6 Å². The van der Waals surface area contributed by atoms with Gasteiger partial charge in [-0.05, 0) is 64.9 Å². The van der Waals surface area contributed by atoms with E-state index in [0.29, 0.717) is 71.9 Å². The molecule has 0 aromatic heterocycles. The monoisotopic (exact) mass is 588 g/mol. The minimum Gasteiger partial charge on any atom is -0.492 e. The van der Waals surface area contributed by atoms with Crippen LogP contribution in [0.25, 0.3) is 0 Å². The van der Waals surface area contributed by atoms with Crippen molar-refractivity contribution in [2.75, 3.05) is 37.8 Å². The first-order chi connectivity index (χ1) is 18.7. The average Bonchev–Trinajstić information content (AvgIpc) is 3.70. The Morgan fingerprint density at radius 1 is 1.07 bits per heavy atom. The summed E-state index contributed by atoms with van der Waals surface area (Å²) in [6.07, 6.45) is 2.36. The summed E-state index contributed by atoms with van der Waals surface area (Å²) in [7, 11) is -2.18. The van der Waals surface area contributed by atoms with Crippen LogP contribution in [-0.4, -0.2) is 63.7 Å². The van der Waals surface area contributed by atoms with E-state index in [1.807, 2.05) is 32.9 Å². The maximum absolute atomic E-state index is 14.3. The Hall–Kier alpha value is -2.01. The first-order valence-corrected chi connectivity index (χ1v) is 17.5. The molecule has 0 bridgehead atoms. The second-order valence-electron chi connectivity index (χ2n) is 13.4. The molecule has 1 aromatic carbocycles. The van der Waals surface area contributed by atoms with Crippen molar-refractivity contribution < 1.29 is 19.1 Å². The van der Waals surface area contributed by atoms with Gasteiger partial charge in [0.05, 0.1) is 24.8 Å². The third-order valence-electron chi connectivity index (χ3n) is 8.47. The lowest BCUT2D eigenvalue weighted by atomic mass is 9.84. The number of amides is 2. The highest BCUT2D eigenvalue weighted by Gasteiger charge is 2.44. The van der Waals surface area contributed by atoms with Gasteiger partial charge in [-0.3, -0.25) is 14.5 Å². The number of morpholine rings is 1. The van der Waals surface area contributed by atoms with Crippen LogP contribution in [0.5, 0.6) is 5.75 Å². The van der Waals surface area contributed by atoms with Crippen LogP contribution in [0.15, 0.2) is 18.2 Å². The molecular formula is C32H49ClN2O4Si. The van der Waals surface area contributed by atoms with E-state index in [-0.39, 0.29) is 11.8 Å². The lowest BCUT2D eigenvalue weighted by Crippen LogP contribution is -2.58. The van der Waals surface area contributed by atoms with Crippen molar-refractivity contribution in [3.05, 3.63) is 23.2 Å². The van der Waals surface area contributed by atoms with Gasteiger partial charge in [-0.2, -0.15) is 0 Å². The summed E-state index contributed by atoms with van der Waals surface area (Å²) in [6, 6.07) is 4.61. The Kier molecular flexibility index (Phi) is 10.8. The molecule has 3 rings (SSSR count). The van der Waals surface area contributed by atoms with Crippen LogP contribution in [0.4, 0.5) is 5.69 Å². The van der Waals surface area contributed by atoms with Crippen LogP contribution in [0.3, 0.4) is 0 Å². The molecule has 40 heavy (non-hydrogen) atoms. The van der Waals surface area contributed by atoms with Gasteiger partial charge < -0.3 is 14.4 Å². The van der Waals surface area contributed by atoms with Crippen LogP contribution >= 0.6 is 11.6 Å². The SMILES string of the molecule is CC(C)[Si](C#CC(=O)N(c1ccc(OCC2CC2)c(Cl)c1)C(C(=O)N1CCOCC1)C(C)(C)C)(C(C)C)C(C)C. The van der Waals surface area contributed by atoms with Gasteiger partial charge in [0.25, 0.3) is 0 Å². The number of hydrogen-bond donors (Lipinski definition) is 0. The summed E-state index contributed by atoms with van der Waals surface area (Å²) in [5.74, 6) is 3.80. The summed E-state index contributed by atoms with van der Waals surface area (Å²) in [4.78, 5) is 31.8. The molecule has 2 amide bonds. The normalized spacial score (nSPS) is 17.1. The molecule has 1 aromatic rings. The number of carbonyl (C=O) groups excluding carboxylic acids is 2. The van der Waals surface area contributed by atoms with Gasteiger partial charge in [-0.1, -0.05) is 73.9 Å². The molecule has 1 unspecified atom stereocenters. The molecule has 1 aliphatic carbocycles. The molecule has 0 spiro atoms. The van der Waals surface area contributed by atoms with E-state index in [4.69, 9.17) is 21.1 Å². The highest BCUT2D eigenvalue weighted by Crippen LogP contribution is 2.41. The number of ether oxygens (including phenoxy) is 2. The summed E-state index contributed by atoms with van der Waals surface area (Å²) >= 11 is 6.70. The molecule has 1 saturated heterocycles. The fourth-order valence-corrected chi connectivity index (χ4v) is 11.5. The van der Waals surface area contributed by atoms with Crippen molar-refractivity contribution >= 4 is 37.2 Å². The lowest BCUT2D eigenvalue weighted by molar-refractivity contribution is -0.140. The van der Waals surface area contributed by atoms with Crippen LogP contribution in [-0.2, 0) is 14.3 Å². The van der Waals surface area contributed by atoms with Gasteiger partial charge in [0.1, 0.15) is 19.9 Å². The Balaban J connectivity index is 2.11. The van der Waals surface area contributed by atoms with Crippen molar-refractivity contribution in [3.8, 4) is 17.2 Å². The van der Waals surface area contributed by atoms with Gasteiger partial charge in [0, 0.05) is 18.8 Å². The molecule has 0 radical (unpaired) electrons. The van der Waals surface area contributed by atoms with Crippen molar-refractivity contribution in [1.29, 1.82) is 0 Å². The zero-order chi connectivity index (χ0) is 29.8. The van der Waals surface area contributed by atoms with Gasteiger partial charge in [0.15, 0.2) is 0 Å². The van der Waals surface area contributed by atoms with Crippen LogP contribution in [0, 0.1) is 22.8 Å². The molecule has 222 valence electrons. The van der Waals surface area contributed by atoms with E-state index in [9.17, 15) is 9.59 Å². The molecule has 2 aliphatic rings. The fraction of sp³-hybridized carbons (Fsp3) is 0.688. The van der Waals surface area contributed by atoms with E-state index in [0.717, 1.165) is 0 Å². The molecule has 1 saturated carbocycles. The quantitative estimate of drug-likeness (QED) is 0.231. The Morgan fingerprint density at radius 3 is 2.12 bits per heavy atom. The molecule has 8 heteroatoms. The van der Waals surface area contributed by atoms with Gasteiger partial charge >= 0.3 is 5.91 Å². The maximum atomic E-state index is 14.3. The number of hydrogen-bond acceptors (Lipinski definition) is 4. The van der Waals surface area contributed by atoms with E-state index in [2.05, 4.69) is 53.0 Å². The summed E-state index contributed by atoms with van der Waals surface area (Å²) in [6.45, 7) is 21.9. The van der Waals surface area contributed by atoms with Crippen molar-refractivity contribution in [2.45, 2.75) is 97.8 Å². The van der Waals surface area contributed by atoms with E-state index >= 15 is 0 Å². The predicted molar refractivity (Wildman–Crippen MR) is 167 cm³/mol. The number of nitrogens with zero attached hydrogens (tertiary/aromatic N) is 2.